The summed E-state index contributed by atoms with van der Waals surface area (Å²) >= 11 is 0. The molecule has 0 saturated heterocycles. The highest BCUT2D eigenvalue weighted by atomic mass is 16.2. The summed E-state index contributed by atoms with van der Waals surface area (Å²) in [6.45, 7) is 12.5. The molecular formula is C18H26N4O. The van der Waals surface area contributed by atoms with Gasteiger partial charge in [0.2, 0.25) is 0 Å². The van der Waals surface area contributed by atoms with E-state index in [1.165, 1.54) is 0 Å². The van der Waals surface area contributed by atoms with Gasteiger partial charge in [-0.2, -0.15) is 5.10 Å². The number of carbonyl (C=O) groups is 1. The molecule has 0 aliphatic heterocycles. The minimum atomic E-state index is -0.276. The van der Waals surface area contributed by atoms with E-state index in [0.29, 0.717) is 5.82 Å². The van der Waals surface area contributed by atoms with E-state index < -0.39 is 0 Å². The largest absolute Gasteiger partial charge is 0.324 e. The molecule has 5 nitrogen and oxygen atoms in total. The first-order valence-corrected chi connectivity index (χ1v) is 7.81. The maximum absolute atomic E-state index is 12.3. The molecular weight excluding hydrogens is 288 g/mol. The van der Waals surface area contributed by atoms with E-state index in [1.807, 2.05) is 41.1 Å². The molecule has 0 saturated carbocycles. The first kappa shape index (κ1) is 17.1. The van der Waals surface area contributed by atoms with Crippen LogP contribution < -0.4 is 10.6 Å². The van der Waals surface area contributed by atoms with Crippen molar-refractivity contribution in [1.29, 1.82) is 0 Å². The lowest BCUT2D eigenvalue weighted by atomic mass is 9.92. The molecule has 0 unspecified atom stereocenters. The second kappa shape index (κ2) is 6.07. The Morgan fingerprint density at radius 3 is 2.13 bits per heavy atom. The zero-order valence-electron chi connectivity index (χ0n) is 14.8. The van der Waals surface area contributed by atoms with E-state index in [-0.39, 0.29) is 17.0 Å². The van der Waals surface area contributed by atoms with Crippen LogP contribution in [0.25, 0.3) is 0 Å². The number of para-hydroxylation sites is 1. The molecule has 23 heavy (non-hydrogen) atoms. The fourth-order valence-corrected chi connectivity index (χ4v) is 2.15. The Balaban J connectivity index is 2.24. The van der Waals surface area contributed by atoms with Crippen molar-refractivity contribution < 1.29 is 4.79 Å². The number of hydrogen-bond donors (Lipinski definition) is 2. The summed E-state index contributed by atoms with van der Waals surface area (Å²) in [4.78, 5) is 12.3. The highest BCUT2D eigenvalue weighted by Gasteiger charge is 2.25. The van der Waals surface area contributed by atoms with E-state index in [1.54, 1.807) is 0 Å². The number of rotatable bonds is 2. The van der Waals surface area contributed by atoms with E-state index in [0.717, 1.165) is 11.4 Å². The van der Waals surface area contributed by atoms with Crippen LogP contribution in [-0.4, -0.2) is 15.8 Å². The summed E-state index contributed by atoms with van der Waals surface area (Å²) in [6, 6.07) is 11.0. The van der Waals surface area contributed by atoms with Crippen LogP contribution in [-0.2, 0) is 11.0 Å². The fourth-order valence-electron chi connectivity index (χ4n) is 2.15. The van der Waals surface area contributed by atoms with Gasteiger partial charge in [0.1, 0.15) is 5.82 Å². The first-order valence-electron chi connectivity index (χ1n) is 7.81. The Hall–Kier alpha value is -2.30. The van der Waals surface area contributed by atoms with Gasteiger partial charge in [-0.1, -0.05) is 39.0 Å². The van der Waals surface area contributed by atoms with Crippen LogP contribution in [0.1, 0.15) is 47.2 Å². The Kier molecular flexibility index (Phi) is 4.50. The summed E-state index contributed by atoms with van der Waals surface area (Å²) in [5.41, 5.74) is 1.40. The van der Waals surface area contributed by atoms with Gasteiger partial charge >= 0.3 is 6.03 Å². The zero-order chi connectivity index (χ0) is 17.3. The van der Waals surface area contributed by atoms with Crippen LogP contribution in [0.5, 0.6) is 0 Å². The predicted octanol–water partition coefficient (Wildman–Crippen LogP) is 4.58. The van der Waals surface area contributed by atoms with Gasteiger partial charge in [-0.05, 0) is 32.9 Å². The van der Waals surface area contributed by atoms with Gasteiger partial charge in [0.25, 0.3) is 0 Å². The number of nitrogens with zero attached hydrogens (tertiary/aromatic N) is 2. The molecule has 0 aliphatic rings. The van der Waals surface area contributed by atoms with Gasteiger partial charge in [-0.15, -0.1) is 0 Å². The summed E-state index contributed by atoms with van der Waals surface area (Å²) in [5.74, 6) is 0.691. The standard InChI is InChI=1S/C18H26N4O/c1-17(2,3)14-12-15(22(21-14)18(4,5)6)20-16(23)19-13-10-8-7-9-11-13/h7-12H,1-6H3,(H2,19,20,23). The number of hydrogen-bond acceptors (Lipinski definition) is 2. The second-order valence-corrected chi connectivity index (χ2v) is 7.69. The zero-order valence-corrected chi connectivity index (χ0v) is 14.8. The number of nitrogens with one attached hydrogen (secondary N) is 2. The van der Waals surface area contributed by atoms with Gasteiger partial charge in [0, 0.05) is 17.2 Å². The second-order valence-electron chi connectivity index (χ2n) is 7.69. The molecule has 0 fully saturated rings. The van der Waals surface area contributed by atoms with Crippen molar-refractivity contribution in [3.8, 4) is 0 Å². The van der Waals surface area contributed by atoms with Gasteiger partial charge in [0.05, 0.1) is 11.2 Å². The third-order valence-electron chi connectivity index (χ3n) is 3.39. The van der Waals surface area contributed by atoms with E-state index in [9.17, 15) is 4.79 Å². The molecule has 1 heterocycles. The quantitative estimate of drug-likeness (QED) is 0.852. The monoisotopic (exact) mass is 314 g/mol. The topological polar surface area (TPSA) is 59.0 Å². The lowest BCUT2D eigenvalue weighted by molar-refractivity contribution is 0.261. The number of amides is 2. The molecule has 2 aromatic rings. The minimum absolute atomic E-state index is 0.0805. The van der Waals surface area contributed by atoms with E-state index in [4.69, 9.17) is 0 Å². The SMILES string of the molecule is CC(C)(C)c1cc(NC(=O)Nc2ccccc2)n(C(C)(C)C)n1. The van der Waals surface area contributed by atoms with Crippen LogP contribution in [0.4, 0.5) is 16.3 Å². The molecule has 1 aromatic heterocycles. The lowest BCUT2D eigenvalue weighted by Gasteiger charge is -2.23. The molecule has 0 radical (unpaired) electrons. The summed E-state index contributed by atoms with van der Waals surface area (Å²) < 4.78 is 1.86. The first-order chi connectivity index (χ1) is 10.6. The third-order valence-corrected chi connectivity index (χ3v) is 3.39. The molecule has 0 aliphatic carbocycles. The van der Waals surface area contributed by atoms with Crippen molar-refractivity contribution in [2.45, 2.75) is 52.5 Å². The lowest BCUT2D eigenvalue weighted by Crippen LogP contribution is -2.28. The average Bonchev–Trinajstić information content (AvgIpc) is 2.83. The predicted molar refractivity (Wildman–Crippen MR) is 95.0 cm³/mol. The molecule has 0 atom stereocenters. The molecule has 0 spiro atoms. The number of anilines is 2. The molecule has 124 valence electrons. The maximum atomic E-state index is 12.3. The van der Waals surface area contributed by atoms with Crippen LogP contribution in [0.15, 0.2) is 36.4 Å². The number of urea groups is 1. The van der Waals surface area contributed by atoms with Crippen LogP contribution in [0.3, 0.4) is 0 Å². The maximum Gasteiger partial charge on any atom is 0.324 e. The summed E-state index contributed by atoms with van der Waals surface area (Å²) in [7, 11) is 0. The van der Waals surface area contributed by atoms with E-state index >= 15 is 0 Å². The van der Waals surface area contributed by atoms with Crippen molar-refractivity contribution in [2.75, 3.05) is 10.6 Å². The van der Waals surface area contributed by atoms with Gasteiger partial charge in [-0.25, -0.2) is 9.48 Å². The van der Waals surface area contributed by atoms with Crippen molar-refractivity contribution >= 4 is 17.5 Å². The van der Waals surface area contributed by atoms with Crippen molar-refractivity contribution in [1.82, 2.24) is 9.78 Å². The Bertz CT molecular complexity index is 675. The Morgan fingerprint density at radius 2 is 1.61 bits per heavy atom. The fraction of sp³-hybridized carbons (Fsp3) is 0.444. The van der Waals surface area contributed by atoms with Gasteiger partial charge < -0.3 is 5.32 Å². The Morgan fingerprint density at radius 1 is 1.00 bits per heavy atom. The van der Waals surface area contributed by atoms with Crippen molar-refractivity contribution in [2.24, 2.45) is 0 Å². The van der Waals surface area contributed by atoms with E-state index in [2.05, 4.69) is 57.3 Å². The number of carbonyl (C=O) groups excluding carboxylic acids is 1. The molecule has 2 N–H and O–H groups in total. The van der Waals surface area contributed by atoms with Crippen LogP contribution >= 0.6 is 0 Å². The summed E-state index contributed by atoms with van der Waals surface area (Å²) in [6.07, 6.45) is 0. The van der Waals surface area contributed by atoms with Crippen molar-refractivity contribution in [3.05, 3.63) is 42.1 Å². The third kappa shape index (κ3) is 4.34. The molecule has 2 rings (SSSR count). The highest BCUT2D eigenvalue weighted by molar-refractivity contribution is 5.99. The molecule has 5 heteroatoms. The highest BCUT2D eigenvalue weighted by Crippen LogP contribution is 2.28. The molecule has 1 aromatic carbocycles. The molecule has 0 bridgehead atoms. The van der Waals surface area contributed by atoms with Crippen molar-refractivity contribution in [3.63, 3.8) is 0 Å². The van der Waals surface area contributed by atoms with Crippen LogP contribution in [0.2, 0.25) is 0 Å². The Labute approximate surface area is 138 Å². The normalized spacial score (nSPS) is 12.1. The average molecular weight is 314 g/mol. The number of benzene rings is 1. The minimum Gasteiger partial charge on any atom is -0.308 e. The smallest absolute Gasteiger partial charge is 0.308 e. The molecule has 2 amide bonds. The van der Waals surface area contributed by atoms with Gasteiger partial charge in [0.15, 0.2) is 0 Å². The van der Waals surface area contributed by atoms with Gasteiger partial charge in [-0.3, -0.25) is 5.32 Å². The van der Waals surface area contributed by atoms with Crippen LogP contribution in [0, 0.1) is 0 Å². The number of aromatic nitrogens is 2. The summed E-state index contributed by atoms with van der Waals surface area (Å²) in [5, 5.41) is 10.4.